The van der Waals surface area contributed by atoms with E-state index in [1.165, 1.54) is 12.0 Å². The van der Waals surface area contributed by atoms with Gasteiger partial charge in [-0.3, -0.25) is 9.59 Å². The summed E-state index contributed by atoms with van der Waals surface area (Å²) in [6.07, 6.45) is 3.32. The maximum Gasteiger partial charge on any atom is 0.325 e. The van der Waals surface area contributed by atoms with Crippen LogP contribution in [-0.4, -0.2) is 43.5 Å². The van der Waals surface area contributed by atoms with E-state index in [2.05, 4.69) is 4.74 Å². The van der Waals surface area contributed by atoms with Crippen molar-refractivity contribution in [3.63, 3.8) is 0 Å². The van der Waals surface area contributed by atoms with Crippen LogP contribution in [0.4, 0.5) is 0 Å². The minimum Gasteiger partial charge on any atom is -0.468 e. The molecule has 2 fully saturated rings. The lowest BCUT2D eigenvalue weighted by Crippen LogP contribution is -2.47. The minimum atomic E-state index is -0.391. The third kappa shape index (κ3) is 2.16. The highest BCUT2D eigenvalue weighted by atomic mass is 16.5. The Hall–Kier alpha value is -1.10. The van der Waals surface area contributed by atoms with Crippen molar-refractivity contribution in [1.29, 1.82) is 0 Å². The summed E-state index contributed by atoms with van der Waals surface area (Å²) in [7, 11) is 2.96. The number of methoxy groups -OCH3 is 1. The van der Waals surface area contributed by atoms with Crippen molar-refractivity contribution in [2.45, 2.75) is 25.3 Å². The van der Waals surface area contributed by atoms with E-state index >= 15 is 0 Å². The lowest BCUT2D eigenvalue weighted by molar-refractivity contribution is -0.148. The smallest absolute Gasteiger partial charge is 0.325 e. The number of likely N-dealkylation sites (N-methyl/N-ethyl adjacent to an activating group) is 1. The van der Waals surface area contributed by atoms with Crippen LogP contribution in [0.5, 0.6) is 0 Å². The monoisotopic (exact) mass is 240 g/mol. The molecule has 2 aliphatic rings. The summed E-state index contributed by atoms with van der Waals surface area (Å²) in [5.74, 6) is 0.430. The maximum atomic E-state index is 12.2. The highest BCUT2D eigenvalue weighted by Crippen LogP contribution is 2.48. The van der Waals surface area contributed by atoms with Gasteiger partial charge in [-0.25, -0.2) is 0 Å². The van der Waals surface area contributed by atoms with Crippen LogP contribution in [0.3, 0.4) is 0 Å². The van der Waals surface area contributed by atoms with Crippen LogP contribution >= 0.6 is 0 Å². The van der Waals surface area contributed by atoms with Gasteiger partial charge in [-0.1, -0.05) is 0 Å². The lowest BCUT2D eigenvalue weighted by atomic mass is 9.84. The molecule has 2 aliphatic carbocycles. The summed E-state index contributed by atoms with van der Waals surface area (Å²) >= 11 is 0. The Balaban J connectivity index is 1.98. The van der Waals surface area contributed by atoms with E-state index < -0.39 is 5.97 Å². The predicted octanol–water partition coefficient (Wildman–Crippen LogP) is -0.00880. The Morgan fingerprint density at radius 1 is 1.35 bits per heavy atom. The van der Waals surface area contributed by atoms with Crippen LogP contribution < -0.4 is 5.73 Å². The summed E-state index contributed by atoms with van der Waals surface area (Å²) < 4.78 is 4.56. The first-order valence-electron chi connectivity index (χ1n) is 6.12. The number of nitrogens with zero attached hydrogens (tertiary/aromatic N) is 1. The van der Waals surface area contributed by atoms with Gasteiger partial charge in [-0.2, -0.15) is 0 Å². The molecule has 0 spiro atoms. The zero-order valence-corrected chi connectivity index (χ0v) is 10.4. The number of esters is 1. The molecule has 5 heteroatoms. The van der Waals surface area contributed by atoms with Gasteiger partial charge in [-0.15, -0.1) is 0 Å². The number of carbonyl (C=O) groups is 2. The van der Waals surface area contributed by atoms with Crippen molar-refractivity contribution in [3.8, 4) is 0 Å². The number of fused-ring (bicyclic) bond motifs is 2. The van der Waals surface area contributed by atoms with E-state index in [0.29, 0.717) is 11.8 Å². The molecule has 2 rings (SSSR count). The normalized spacial score (nSPS) is 34.8. The Morgan fingerprint density at radius 2 is 2.00 bits per heavy atom. The average Bonchev–Trinajstić information content (AvgIpc) is 2.88. The summed E-state index contributed by atoms with van der Waals surface area (Å²) in [6, 6.07) is -0.0265. The minimum absolute atomic E-state index is 0.00454. The summed E-state index contributed by atoms with van der Waals surface area (Å²) in [5.41, 5.74) is 6.10. The highest BCUT2D eigenvalue weighted by molar-refractivity contribution is 5.84. The first-order chi connectivity index (χ1) is 8.04. The van der Waals surface area contributed by atoms with E-state index in [1.54, 1.807) is 7.05 Å². The lowest BCUT2D eigenvalue weighted by Gasteiger charge is -2.30. The first-order valence-corrected chi connectivity index (χ1v) is 6.12. The largest absolute Gasteiger partial charge is 0.468 e. The molecule has 96 valence electrons. The van der Waals surface area contributed by atoms with Crippen molar-refractivity contribution in [2.75, 3.05) is 20.7 Å². The molecule has 0 aromatic heterocycles. The molecule has 0 aliphatic heterocycles. The topological polar surface area (TPSA) is 72.6 Å². The van der Waals surface area contributed by atoms with Crippen molar-refractivity contribution in [1.82, 2.24) is 4.90 Å². The molecule has 2 N–H and O–H groups in total. The van der Waals surface area contributed by atoms with Crippen molar-refractivity contribution < 1.29 is 14.3 Å². The molecule has 4 unspecified atom stereocenters. The molecule has 0 aromatic carbocycles. The van der Waals surface area contributed by atoms with Crippen LogP contribution in [0.2, 0.25) is 0 Å². The van der Waals surface area contributed by atoms with Crippen LogP contribution in [0.25, 0.3) is 0 Å². The molecular formula is C12H20N2O3. The molecule has 17 heavy (non-hydrogen) atoms. The second kappa shape index (κ2) is 4.64. The third-order valence-corrected chi connectivity index (χ3v) is 4.24. The second-order valence-electron chi connectivity index (χ2n) is 5.21. The average molecular weight is 240 g/mol. The number of carbonyl (C=O) groups excluding carboxylic acids is 2. The molecule has 2 bridgehead atoms. The molecule has 0 radical (unpaired) electrons. The van der Waals surface area contributed by atoms with Gasteiger partial charge in [-0.05, 0) is 31.1 Å². The van der Waals surface area contributed by atoms with Gasteiger partial charge < -0.3 is 15.4 Å². The summed E-state index contributed by atoms with van der Waals surface area (Å²) in [6.45, 7) is 0.00986. The van der Waals surface area contributed by atoms with Crippen LogP contribution in [0.1, 0.15) is 19.3 Å². The molecule has 1 amide bonds. The van der Waals surface area contributed by atoms with Gasteiger partial charge in [0.25, 0.3) is 0 Å². The van der Waals surface area contributed by atoms with Gasteiger partial charge >= 0.3 is 5.97 Å². The Morgan fingerprint density at radius 3 is 2.53 bits per heavy atom. The fourth-order valence-electron chi connectivity index (χ4n) is 3.29. The van der Waals surface area contributed by atoms with Crippen LogP contribution in [-0.2, 0) is 14.3 Å². The van der Waals surface area contributed by atoms with Crippen molar-refractivity contribution in [3.05, 3.63) is 0 Å². The van der Waals surface area contributed by atoms with E-state index in [0.717, 1.165) is 19.3 Å². The first kappa shape index (κ1) is 12.4. The highest BCUT2D eigenvalue weighted by Gasteiger charge is 2.49. The van der Waals surface area contributed by atoms with E-state index in [9.17, 15) is 9.59 Å². The van der Waals surface area contributed by atoms with Crippen LogP contribution in [0, 0.1) is 17.8 Å². The van der Waals surface area contributed by atoms with Gasteiger partial charge in [0.15, 0.2) is 0 Å². The van der Waals surface area contributed by atoms with Crippen molar-refractivity contribution >= 4 is 11.9 Å². The van der Waals surface area contributed by atoms with Gasteiger partial charge in [0.2, 0.25) is 5.91 Å². The zero-order chi connectivity index (χ0) is 12.6. The predicted molar refractivity (Wildman–Crippen MR) is 61.9 cm³/mol. The Kier molecular flexibility index (Phi) is 3.38. The number of rotatable bonds is 3. The molecule has 0 aromatic rings. The SMILES string of the molecule is COC(=O)CN(C)C(=O)C1C2CCC(C2)C1N. The molecule has 0 heterocycles. The maximum absolute atomic E-state index is 12.2. The fourth-order valence-corrected chi connectivity index (χ4v) is 3.29. The molecule has 2 saturated carbocycles. The third-order valence-electron chi connectivity index (χ3n) is 4.24. The van der Waals surface area contributed by atoms with Crippen LogP contribution in [0.15, 0.2) is 0 Å². The van der Waals surface area contributed by atoms with Gasteiger partial charge in [0.05, 0.1) is 13.0 Å². The zero-order valence-electron chi connectivity index (χ0n) is 10.4. The van der Waals surface area contributed by atoms with Crippen molar-refractivity contribution in [2.24, 2.45) is 23.5 Å². The summed E-state index contributed by atoms with van der Waals surface area (Å²) in [4.78, 5) is 24.8. The Labute approximate surface area is 101 Å². The van der Waals surface area contributed by atoms with Gasteiger partial charge in [0.1, 0.15) is 6.54 Å². The summed E-state index contributed by atoms with van der Waals surface area (Å²) in [5, 5.41) is 0. The second-order valence-corrected chi connectivity index (χ2v) is 5.21. The standard InChI is InChI=1S/C12H20N2O3/c1-14(6-9(15)17-2)12(16)10-7-3-4-8(5-7)11(10)13/h7-8,10-11H,3-6,13H2,1-2H3. The number of nitrogens with two attached hydrogens (primary N) is 1. The number of amides is 1. The van der Waals surface area contributed by atoms with Gasteiger partial charge in [0, 0.05) is 13.1 Å². The molecular weight excluding hydrogens is 220 g/mol. The number of hydrogen-bond donors (Lipinski definition) is 1. The number of hydrogen-bond acceptors (Lipinski definition) is 4. The molecule has 4 atom stereocenters. The quantitative estimate of drug-likeness (QED) is 0.704. The fraction of sp³-hybridized carbons (Fsp3) is 0.833. The Bertz CT molecular complexity index is 330. The van der Waals surface area contributed by atoms with E-state index in [-0.39, 0.29) is 24.4 Å². The molecule has 0 saturated heterocycles. The van der Waals surface area contributed by atoms with E-state index in [1.807, 2.05) is 0 Å². The molecule has 5 nitrogen and oxygen atoms in total. The van der Waals surface area contributed by atoms with E-state index in [4.69, 9.17) is 5.73 Å². The number of ether oxygens (including phenoxy) is 1.